The van der Waals surface area contributed by atoms with Crippen molar-refractivity contribution in [1.82, 2.24) is 5.32 Å². The van der Waals surface area contributed by atoms with E-state index in [1.807, 2.05) is 12.1 Å². The van der Waals surface area contributed by atoms with Crippen LogP contribution in [0.15, 0.2) is 28.7 Å². The van der Waals surface area contributed by atoms with Crippen molar-refractivity contribution in [2.45, 2.75) is 18.8 Å². The first-order valence-corrected chi connectivity index (χ1v) is 5.54. The zero-order valence-corrected chi connectivity index (χ0v) is 8.62. The third-order valence-corrected chi connectivity index (χ3v) is 3.13. The van der Waals surface area contributed by atoms with E-state index in [1.54, 1.807) is 0 Å². The Kier molecular flexibility index (Phi) is 2.22. The highest BCUT2D eigenvalue weighted by Crippen LogP contribution is 2.30. The van der Waals surface area contributed by atoms with Crippen LogP contribution < -0.4 is 5.32 Å². The molecule has 2 nitrogen and oxygen atoms in total. The van der Waals surface area contributed by atoms with Gasteiger partial charge < -0.3 is 9.73 Å². The van der Waals surface area contributed by atoms with Crippen molar-refractivity contribution in [2.24, 2.45) is 0 Å². The SMILES string of the molecule is [c]1ccc2cc(C3CCNCC3)oc2c1. The lowest BCUT2D eigenvalue weighted by Gasteiger charge is -2.20. The van der Waals surface area contributed by atoms with Gasteiger partial charge in [0.2, 0.25) is 0 Å². The first kappa shape index (κ1) is 8.98. The molecule has 1 N–H and O–H groups in total. The summed E-state index contributed by atoms with van der Waals surface area (Å²) in [5, 5.41) is 4.57. The van der Waals surface area contributed by atoms with Gasteiger partial charge in [0.1, 0.15) is 11.3 Å². The van der Waals surface area contributed by atoms with E-state index in [1.165, 1.54) is 18.2 Å². The maximum absolute atomic E-state index is 5.85. The number of benzene rings is 1. The number of piperidine rings is 1. The zero-order chi connectivity index (χ0) is 10.1. The molecular weight excluding hydrogens is 186 g/mol. The highest BCUT2D eigenvalue weighted by molar-refractivity contribution is 5.77. The van der Waals surface area contributed by atoms with Crippen molar-refractivity contribution in [3.05, 3.63) is 36.1 Å². The van der Waals surface area contributed by atoms with Gasteiger partial charge in [-0.05, 0) is 44.1 Å². The van der Waals surface area contributed by atoms with Crippen molar-refractivity contribution < 1.29 is 4.42 Å². The molecule has 77 valence electrons. The predicted molar refractivity (Wildman–Crippen MR) is 59.9 cm³/mol. The standard InChI is InChI=1S/C13H14NO/c1-2-4-12-11(3-1)9-13(15-12)10-5-7-14-8-6-10/h1,3-4,9-10,14H,5-8H2. The molecule has 15 heavy (non-hydrogen) atoms. The summed E-state index contributed by atoms with van der Waals surface area (Å²) in [5.74, 6) is 1.74. The molecule has 2 heteroatoms. The largest absolute Gasteiger partial charge is 0.461 e. The van der Waals surface area contributed by atoms with Crippen molar-refractivity contribution in [3.63, 3.8) is 0 Å². The number of rotatable bonds is 1. The quantitative estimate of drug-likeness (QED) is 0.765. The number of furan rings is 1. The average Bonchev–Trinajstić information content (AvgIpc) is 2.74. The summed E-state index contributed by atoms with van der Waals surface area (Å²) in [5.41, 5.74) is 0.964. The normalized spacial score (nSPS) is 18.4. The van der Waals surface area contributed by atoms with Crippen LogP contribution in [0.5, 0.6) is 0 Å². The Labute approximate surface area is 89.3 Å². The predicted octanol–water partition coefficient (Wildman–Crippen LogP) is 2.70. The first-order valence-electron chi connectivity index (χ1n) is 5.54. The molecule has 0 aliphatic carbocycles. The molecular formula is C13H14NO. The lowest BCUT2D eigenvalue weighted by atomic mass is 9.95. The fraction of sp³-hybridized carbons (Fsp3) is 0.385. The molecule has 0 atom stereocenters. The maximum atomic E-state index is 5.85. The summed E-state index contributed by atoms with van der Waals surface area (Å²) in [4.78, 5) is 0. The molecule has 0 amide bonds. The summed E-state index contributed by atoms with van der Waals surface area (Å²) in [6.45, 7) is 2.21. The first-order chi connectivity index (χ1) is 7.43. The molecule has 3 rings (SSSR count). The van der Waals surface area contributed by atoms with E-state index in [9.17, 15) is 0 Å². The van der Waals surface area contributed by atoms with Crippen LogP contribution in [-0.2, 0) is 0 Å². The molecule has 0 saturated carbocycles. The highest BCUT2D eigenvalue weighted by Gasteiger charge is 2.18. The molecule has 2 aromatic rings. The molecule has 1 radical (unpaired) electrons. The van der Waals surface area contributed by atoms with Gasteiger partial charge in [-0.3, -0.25) is 0 Å². The van der Waals surface area contributed by atoms with E-state index in [4.69, 9.17) is 4.42 Å². The molecule has 1 aliphatic heterocycles. The summed E-state index contributed by atoms with van der Waals surface area (Å²) in [6.07, 6.45) is 2.37. The third-order valence-electron chi connectivity index (χ3n) is 3.13. The van der Waals surface area contributed by atoms with Gasteiger partial charge in [-0.25, -0.2) is 0 Å². The smallest absolute Gasteiger partial charge is 0.134 e. The average molecular weight is 200 g/mol. The fourth-order valence-electron chi connectivity index (χ4n) is 2.25. The van der Waals surface area contributed by atoms with Crippen LogP contribution in [-0.4, -0.2) is 13.1 Å². The summed E-state index contributed by atoms with van der Waals surface area (Å²) >= 11 is 0. The van der Waals surface area contributed by atoms with Crippen LogP contribution >= 0.6 is 0 Å². The van der Waals surface area contributed by atoms with Gasteiger partial charge in [-0.15, -0.1) is 0 Å². The van der Waals surface area contributed by atoms with E-state index in [0.717, 1.165) is 24.4 Å². The third kappa shape index (κ3) is 1.65. The maximum Gasteiger partial charge on any atom is 0.134 e. The lowest BCUT2D eigenvalue weighted by Crippen LogP contribution is -2.26. The Morgan fingerprint density at radius 1 is 1.33 bits per heavy atom. The molecule has 0 bridgehead atoms. The number of nitrogens with one attached hydrogen (secondary N) is 1. The van der Waals surface area contributed by atoms with E-state index in [2.05, 4.69) is 23.5 Å². The summed E-state index contributed by atoms with van der Waals surface area (Å²) in [6, 6.07) is 11.1. The van der Waals surface area contributed by atoms with Crippen LogP contribution in [0.25, 0.3) is 11.0 Å². The zero-order valence-electron chi connectivity index (χ0n) is 8.62. The van der Waals surface area contributed by atoms with Gasteiger partial charge in [-0.2, -0.15) is 0 Å². The van der Waals surface area contributed by atoms with Crippen LogP contribution in [0.2, 0.25) is 0 Å². The Morgan fingerprint density at radius 3 is 3.00 bits per heavy atom. The van der Waals surface area contributed by atoms with E-state index < -0.39 is 0 Å². The van der Waals surface area contributed by atoms with E-state index in [0.29, 0.717) is 5.92 Å². The molecule has 1 fully saturated rings. The monoisotopic (exact) mass is 200 g/mol. The minimum Gasteiger partial charge on any atom is -0.461 e. The second kappa shape index (κ2) is 3.70. The van der Waals surface area contributed by atoms with Gasteiger partial charge in [-0.1, -0.05) is 12.1 Å². The molecule has 0 unspecified atom stereocenters. The fourth-order valence-corrected chi connectivity index (χ4v) is 2.25. The lowest BCUT2D eigenvalue weighted by molar-refractivity contribution is 0.397. The van der Waals surface area contributed by atoms with Gasteiger partial charge in [0.25, 0.3) is 0 Å². The van der Waals surface area contributed by atoms with Crippen LogP contribution in [0, 0.1) is 6.07 Å². The van der Waals surface area contributed by atoms with Gasteiger partial charge in [0, 0.05) is 11.3 Å². The Bertz CT molecular complexity index is 421. The minimum absolute atomic E-state index is 0.596. The van der Waals surface area contributed by atoms with Crippen molar-refractivity contribution in [1.29, 1.82) is 0 Å². The molecule has 2 heterocycles. The highest BCUT2D eigenvalue weighted by atomic mass is 16.3. The number of fused-ring (bicyclic) bond motifs is 1. The number of hydrogen-bond acceptors (Lipinski definition) is 2. The topological polar surface area (TPSA) is 25.2 Å². The minimum atomic E-state index is 0.596. The van der Waals surface area contributed by atoms with Gasteiger partial charge in [0.05, 0.1) is 0 Å². The second-order valence-corrected chi connectivity index (χ2v) is 4.14. The van der Waals surface area contributed by atoms with Crippen molar-refractivity contribution >= 4 is 11.0 Å². The molecule has 1 saturated heterocycles. The molecule has 1 aliphatic rings. The van der Waals surface area contributed by atoms with Crippen LogP contribution in [0.3, 0.4) is 0 Å². The second-order valence-electron chi connectivity index (χ2n) is 4.14. The molecule has 0 spiro atoms. The Morgan fingerprint density at radius 2 is 2.20 bits per heavy atom. The van der Waals surface area contributed by atoms with E-state index >= 15 is 0 Å². The Hall–Kier alpha value is -1.28. The van der Waals surface area contributed by atoms with Crippen LogP contribution in [0.1, 0.15) is 24.5 Å². The van der Waals surface area contributed by atoms with Crippen molar-refractivity contribution in [2.75, 3.05) is 13.1 Å². The summed E-state index contributed by atoms with van der Waals surface area (Å²) in [7, 11) is 0. The van der Waals surface area contributed by atoms with Gasteiger partial charge >= 0.3 is 0 Å². The van der Waals surface area contributed by atoms with Crippen LogP contribution in [0.4, 0.5) is 0 Å². The van der Waals surface area contributed by atoms with Gasteiger partial charge in [0.15, 0.2) is 0 Å². The number of hydrogen-bond donors (Lipinski definition) is 1. The van der Waals surface area contributed by atoms with Crippen molar-refractivity contribution in [3.8, 4) is 0 Å². The Balaban J connectivity index is 1.96. The molecule has 1 aromatic carbocycles. The summed E-state index contributed by atoms with van der Waals surface area (Å²) < 4.78 is 5.85. The molecule has 1 aromatic heterocycles. The van der Waals surface area contributed by atoms with E-state index in [-0.39, 0.29) is 0 Å².